The molecule has 5 nitrogen and oxygen atoms in total. The third kappa shape index (κ3) is 3.83. The molecule has 2 aromatic rings. The van der Waals surface area contributed by atoms with Gasteiger partial charge >= 0.3 is 0 Å². The van der Waals surface area contributed by atoms with Crippen molar-refractivity contribution in [1.29, 1.82) is 0 Å². The van der Waals surface area contributed by atoms with Crippen LogP contribution in [0.15, 0.2) is 30.5 Å². The summed E-state index contributed by atoms with van der Waals surface area (Å²) in [6.45, 7) is 2.20. The largest absolute Gasteiger partial charge is 0.393 e. The molecule has 0 saturated carbocycles. The second kappa shape index (κ2) is 6.74. The van der Waals surface area contributed by atoms with Gasteiger partial charge in [0.05, 0.1) is 11.8 Å². The van der Waals surface area contributed by atoms with Crippen LogP contribution in [-0.2, 0) is 4.79 Å². The van der Waals surface area contributed by atoms with Crippen LogP contribution in [0.25, 0.3) is 11.7 Å². The number of hydrogen-bond donors (Lipinski definition) is 1. The number of nitrogens with zero attached hydrogens (tertiary/aromatic N) is 3. The van der Waals surface area contributed by atoms with E-state index in [9.17, 15) is 9.90 Å². The molecule has 2 rings (SSSR count). The first-order valence-corrected chi connectivity index (χ1v) is 7.10. The number of carbonyl (C=O) groups excluding carboxylic acids is 1. The molecule has 0 aliphatic carbocycles. The van der Waals surface area contributed by atoms with E-state index in [0.717, 1.165) is 5.65 Å². The Balaban J connectivity index is 2.12. The topological polar surface area (TPSA) is 57.8 Å². The van der Waals surface area contributed by atoms with Crippen molar-refractivity contribution in [3.05, 3.63) is 41.3 Å². The van der Waals surface area contributed by atoms with Crippen molar-refractivity contribution in [2.24, 2.45) is 0 Å². The van der Waals surface area contributed by atoms with E-state index in [-0.39, 0.29) is 5.91 Å². The lowest BCUT2D eigenvalue weighted by Gasteiger charge is -2.15. The number of carbonyl (C=O) groups is 1. The Morgan fingerprint density at radius 1 is 1.57 bits per heavy atom. The summed E-state index contributed by atoms with van der Waals surface area (Å²) in [6.07, 6.45) is 5.09. The summed E-state index contributed by atoms with van der Waals surface area (Å²) < 4.78 is 1.82. The summed E-state index contributed by atoms with van der Waals surface area (Å²) >= 11 is 6.09. The minimum atomic E-state index is -0.419. The zero-order chi connectivity index (χ0) is 15.4. The molecule has 0 radical (unpaired) electrons. The van der Waals surface area contributed by atoms with Crippen LogP contribution in [0.2, 0.25) is 5.15 Å². The van der Waals surface area contributed by atoms with Crippen LogP contribution in [0.4, 0.5) is 0 Å². The summed E-state index contributed by atoms with van der Waals surface area (Å²) in [4.78, 5) is 17.8. The van der Waals surface area contributed by atoms with Crippen molar-refractivity contribution in [1.82, 2.24) is 14.3 Å². The molecule has 2 aromatic heterocycles. The molecule has 112 valence electrons. The zero-order valence-electron chi connectivity index (χ0n) is 12.0. The Bertz CT molecular complexity index is 664. The summed E-state index contributed by atoms with van der Waals surface area (Å²) in [5.74, 6) is -0.141. The first-order chi connectivity index (χ1) is 9.99. The number of aliphatic hydroxyl groups excluding tert-OH is 1. The molecular formula is C15H18ClN3O2. The maximum absolute atomic E-state index is 12.0. The Morgan fingerprint density at radius 3 is 3.05 bits per heavy atom. The van der Waals surface area contributed by atoms with Crippen LogP contribution < -0.4 is 0 Å². The van der Waals surface area contributed by atoms with Gasteiger partial charge in [-0.05, 0) is 31.6 Å². The molecule has 0 bridgehead atoms. The number of pyridine rings is 1. The van der Waals surface area contributed by atoms with Gasteiger partial charge in [0.2, 0.25) is 5.91 Å². The molecule has 0 fully saturated rings. The van der Waals surface area contributed by atoms with Crippen molar-refractivity contribution in [2.75, 3.05) is 13.6 Å². The summed E-state index contributed by atoms with van der Waals surface area (Å²) in [7, 11) is 1.70. The third-order valence-electron chi connectivity index (χ3n) is 3.16. The van der Waals surface area contributed by atoms with Crippen molar-refractivity contribution >= 4 is 29.2 Å². The fourth-order valence-electron chi connectivity index (χ4n) is 1.90. The summed E-state index contributed by atoms with van der Waals surface area (Å²) in [5.41, 5.74) is 1.40. The molecule has 0 aliphatic heterocycles. The highest BCUT2D eigenvalue weighted by molar-refractivity contribution is 6.31. The van der Waals surface area contributed by atoms with Gasteiger partial charge in [0, 0.05) is 25.9 Å². The molecule has 0 aromatic carbocycles. The molecule has 0 saturated heterocycles. The minimum Gasteiger partial charge on any atom is -0.393 e. The Labute approximate surface area is 128 Å². The van der Waals surface area contributed by atoms with Crippen LogP contribution in [0.5, 0.6) is 0 Å². The van der Waals surface area contributed by atoms with Crippen molar-refractivity contribution in [2.45, 2.75) is 19.4 Å². The van der Waals surface area contributed by atoms with Gasteiger partial charge in [0.15, 0.2) is 5.15 Å². The molecule has 1 atom stereocenters. The fourth-order valence-corrected chi connectivity index (χ4v) is 2.14. The van der Waals surface area contributed by atoms with Crippen LogP contribution in [0.3, 0.4) is 0 Å². The predicted octanol–water partition coefficient (Wildman–Crippen LogP) is 2.23. The van der Waals surface area contributed by atoms with Gasteiger partial charge in [-0.2, -0.15) is 0 Å². The smallest absolute Gasteiger partial charge is 0.246 e. The number of halogens is 1. The molecule has 2 heterocycles. The summed E-state index contributed by atoms with van der Waals surface area (Å²) in [5, 5.41) is 9.59. The average molecular weight is 308 g/mol. The summed E-state index contributed by atoms with van der Waals surface area (Å²) in [6, 6.07) is 5.60. The monoisotopic (exact) mass is 307 g/mol. The minimum absolute atomic E-state index is 0.141. The third-order valence-corrected chi connectivity index (χ3v) is 3.44. The van der Waals surface area contributed by atoms with Gasteiger partial charge in [-0.3, -0.25) is 9.20 Å². The van der Waals surface area contributed by atoms with E-state index in [1.54, 1.807) is 24.9 Å². The molecule has 1 N–H and O–H groups in total. The molecule has 1 amide bonds. The van der Waals surface area contributed by atoms with Gasteiger partial charge < -0.3 is 10.0 Å². The van der Waals surface area contributed by atoms with Crippen molar-refractivity contribution in [3.63, 3.8) is 0 Å². The number of hydrogen-bond acceptors (Lipinski definition) is 3. The number of imidazole rings is 1. The van der Waals surface area contributed by atoms with Gasteiger partial charge in [0.25, 0.3) is 0 Å². The quantitative estimate of drug-likeness (QED) is 0.862. The van der Waals surface area contributed by atoms with Gasteiger partial charge in [0.1, 0.15) is 5.65 Å². The van der Waals surface area contributed by atoms with E-state index in [1.807, 2.05) is 28.8 Å². The Morgan fingerprint density at radius 2 is 2.33 bits per heavy atom. The Kier molecular flexibility index (Phi) is 4.98. The van der Waals surface area contributed by atoms with E-state index in [0.29, 0.717) is 23.8 Å². The molecule has 0 spiro atoms. The second-order valence-electron chi connectivity index (χ2n) is 4.95. The van der Waals surface area contributed by atoms with E-state index < -0.39 is 6.10 Å². The SMILES string of the molecule is CC(O)CCN(C)C(=O)/C=C/c1c(Cl)nc2ccccn12. The first-order valence-electron chi connectivity index (χ1n) is 6.73. The second-order valence-corrected chi connectivity index (χ2v) is 5.31. The lowest BCUT2D eigenvalue weighted by atomic mass is 10.2. The lowest BCUT2D eigenvalue weighted by molar-refractivity contribution is -0.124. The van der Waals surface area contributed by atoms with Crippen LogP contribution in [0, 0.1) is 0 Å². The average Bonchev–Trinajstić information content (AvgIpc) is 2.77. The molecule has 1 unspecified atom stereocenters. The Hall–Kier alpha value is -1.85. The first kappa shape index (κ1) is 15.5. The highest BCUT2D eigenvalue weighted by Crippen LogP contribution is 2.18. The predicted molar refractivity (Wildman–Crippen MR) is 83.2 cm³/mol. The van der Waals surface area contributed by atoms with E-state index >= 15 is 0 Å². The standard InChI is InChI=1S/C15H18ClN3O2/c1-11(20)8-10-18(2)14(21)7-6-12-15(16)17-13-5-3-4-9-19(12)13/h3-7,9,11,20H,8,10H2,1-2H3/b7-6+. The molecule has 6 heteroatoms. The van der Waals surface area contributed by atoms with Crippen molar-refractivity contribution < 1.29 is 9.90 Å². The van der Waals surface area contributed by atoms with Gasteiger partial charge in [-0.25, -0.2) is 4.98 Å². The van der Waals surface area contributed by atoms with Crippen molar-refractivity contribution in [3.8, 4) is 0 Å². The highest BCUT2D eigenvalue weighted by atomic mass is 35.5. The zero-order valence-corrected chi connectivity index (χ0v) is 12.8. The van der Waals surface area contributed by atoms with E-state index in [1.165, 1.54) is 6.08 Å². The van der Waals surface area contributed by atoms with E-state index in [4.69, 9.17) is 11.6 Å². The molecule has 21 heavy (non-hydrogen) atoms. The van der Waals surface area contributed by atoms with Crippen LogP contribution >= 0.6 is 11.6 Å². The van der Waals surface area contributed by atoms with Crippen LogP contribution in [0.1, 0.15) is 19.0 Å². The number of amides is 1. The lowest BCUT2D eigenvalue weighted by Crippen LogP contribution is -2.27. The fraction of sp³-hybridized carbons (Fsp3) is 0.333. The molecule has 0 aliphatic rings. The molecular weight excluding hydrogens is 290 g/mol. The van der Waals surface area contributed by atoms with E-state index in [2.05, 4.69) is 4.98 Å². The van der Waals surface area contributed by atoms with Crippen LogP contribution in [-0.4, -0.2) is 45.0 Å². The van der Waals surface area contributed by atoms with Gasteiger partial charge in [-0.1, -0.05) is 17.7 Å². The number of rotatable bonds is 5. The highest BCUT2D eigenvalue weighted by Gasteiger charge is 2.09. The number of aliphatic hydroxyl groups is 1. The van der Waals surface area contributed by atoms with Gasteiger partial charge in [-0.15, -0.1) is 0 Å². The normalized spacial score (nSPS) is 13.0. The number of likely N-dealkylation sites (N-methyl/N-ethyl adjacent to an activating group) is 1. The maximum Gasteiger partial charge on any atom is 0.246 e. The maximum atomic E-state index is 12.0. The number of fused-ring (bicyclic) bond motifs is 1. The number of aromatic nitrogens is 2.